The predicted octanol–water partition coefficient (Wildman–Crippen LogP) is 3.26. The van der Waals surface area contributed by atoms with Crippen molar-refractivity contribution in [2.24, 2.45) is 5.92 Å². The number of rotatable bonds is 11. The lowest BCUT2D eigenvalue weighted by molar-refractivity contribution is -0.149. The summed E-state index contributed by atoms with van der Waals surface area (Å²) >= 11 is 0. The number of hydrogen-bond acceptors (Lipinski definition) is 5. The molecule has 0 bridgehead atoms. The average Bonchev–Trinajstić information content (AvgIpc) is 2.90. The minimum Gasteiger partial charge on any atom is -0.508 e. The van der Waals surface area contributed by atoms with E-state index in [1.807, 2.05) is 40.7 Å². The summed E-state index contributed by atoms with van der Waals surface area (Å²) in [4.78, 5) is 43.3. The Morgan fingerprint density at radius 2 is 1.48 bits per heavy atom. The lowest BCUT2D eigenvalue weighted by Crippen LogP contribution is -2.58. The molecule has 9 heteroatoms. The van der Waals surface area contributed by atoms with Crippen molar-refractivity contribution in [3.63, 3.8) is 0 Å². The molecule has 2 aromatic rings. The standard InChI is InChI=1S/C31H45FN4O4/c1-19(2)27(36(9)29(39)24(33-6)17-20-10-13-22(32)14-11-20)30(40)35(8)25(28(38)34-7)18-21-12-15-26(37)23(16-21)31(3,4)5/h10-16,19,24-25,27,33,37H,17-18H2,1-9H3,(H,34,38). The highest BCUT2D eigenvalue weighted by Gasteiger charge is 2.38. The highest BCUT2D eigenvalue weighted by molar-refractivity contribution is 5.93. The molecule has 220 valence electrons. The maximum atomic E-state index is 13.9. The number of phenols is 1. The molecule has 0 heterocycles. The van der Waals surface area contributed by atoms with Gasteiger partial charge in [-0.2, -0.15) is 0 Å². The molecule has 0 saturated carbocycles. The maximum absolute atomic E-state index is 13.9. The van der Waals surface area contributed by atoms with E-state index in [9.17, 15) is 23.9 Å². The fraction of sp³-hybridized carbons (Fsp3) is 0.516. The highest BCUT2D eigenvalue weighted by atomic mass is 19.1. The Morgan fingerprint density at radius 1 is 0.900 bits per heavy atom. The smallest absolute Gasteiger partial charge is 0.246 e. The summed E-state index contributed by atoms with van der Waals surface area (Å²) in [6.07, 6.45) is 0.560. The molecule has 0 radical (unpaired) electrons. The summed E-state index contributed by atoms with van der Waals surface area (Å²) < 4.78 is 13.4. The Kier molecular flexibility index (Phi) is 11.3. The number of likely N-dealkylation sites (N-methyl/N-ethyl adjacent to an activating group) is 4. The van der Waals surface area contributed by atoms with Gasteiger partial charge >= 0.3 is 0 Å². The van der Waals surface area contributed by atoms with Crippen LogP contribution in [0.3, 0.4) is 0 Å². The molecular formula is C31H45FN4O4. The number of nitrogens with zero attached hydrogens (tertiary/aromatic N) is 2. The fourth-order valence-corrected chi connectivity index (χ4v) is 4.92. The van der Waals surface area contributed by atoms with Crippen molar-refractivity contribution in [2.45, 2.75) is 71.0 Å². The minimum absolute atomic E-state index is 0.178. The first-order valence-corrected chi connectivity index (χ1v) is 13.6. The molecule has 0 saturated heterocycles. The second kappa shape index (κ2) is 13.7. The lowest BCUT2D eigenvalue weighted by atomic mass is 9.84. The van der Waals surface area contributed by atoms with E-state index in [1.54, 1.807) is 45.4 Å². The molecule has 0 aromatic heterocycles. The van der Waals surface area contributed by atoms with E-state index >= 15 is 0 Å². The van der Waals surface area contributed by atoms with Crippen molar-refractivity contribution in [1.82, 2.24) is 20.4 Å². The number of carbonyl (C=O) groups excluding carboxylic acids is 3. The second-order valence-corrected chi connectivity index (χ2v) is 11.7. The monoisotopic (exact) mass is 556 g/mol. The number of aromatic hydroxyl groups is 1. The first-order valence-electron chi connectivity index (χ1n) is 13.6. The Labute approximate surface area is 237 Å². The van der Waals surface area contributed by atoms with Gasteiger partial charge in [0.05, 0.1) is 6.04 Å². The van der Waals surface area contributed by atoms with Crippen molar-refractivity contribution in [3.05, 3.63) is 65.0 Å². The van der Waals surface area contributed by atoms with Crippen molar-refractivity contribution in [3.8, 4) is 5.75 Å². The maximum Gasteiger partial charge on any atom is 0.246 e. The van der Waals surface area contributed by atoms with E-state index < -0.39 is 18.1 Å². The molecule has 2 rings (SSSR count). The zero-order valence-electron chi connectivity index (χ0n) is 25.2. The summed E-state index contributed by atoms with van der Waals surface area (Å²) in [5.41, 5.74) is 2.03. The van der Waals surface area contributed by atoms with Gasteiger partial charge in [0, 0.05) is 27.6 Å². The van der Waals surface area contributed by atoms with Crippen LogP contribution in [0.5, 0.6) is 5.75 Å². The van der Waals surface area contributed by atoms with Crippen LogP contribution in [0.25, 0.3) is 0 Å². The Hall–Kier alpha value is -3.46. The predicted molar refractivity (Wildman–Crippen MR) is 155 cm³/mol. The normalized spacial score (nSPS) is 13.9. The molecule has 0 aliphatic carbocycles. The molecule has 0 spiro atoms. The van der Waals surface area contributed by atoms with Crippen molar-refractivity contribution < 1.29 is 23.9 Å². The third kappa shape index (κ3) is 8.03. The van der Waals surface area contributed by atoms with Gasteiger partial charge in [-0.3, -0.25) is 14.4 Å². The fourth-order valence-electron chi connectivity index (χ4n) is 4.92. The van der Waals surface area contributed by atoms with Crippen LogP contribution >= 0.6 is 0 Å². The molecule has 8 nitrogen and oxygen atoms in total. The molecule has 0 aliphatic rings. The summed E-state index contributed by atoms with van der Waals surface area (Å²) in [7, 11) is 6.37. The SMILES string of the molecule is CNC(=O)C(Cc1ccc(O)c(C(C)(C)C)c1)N(C)C(=O)C(C(C)C)N(C)C(=O)C(Cc1ccc(F)cc1)NC. The highest BCUT2D eigenvalue weighted by Crippen LogP contribution is 2.32. The van der Waals surface area contributed by atoms with Crippen LogP contribution in [0.1, 0.15) is 51.3 Å². The van der Waals surface area contributed by atoms with Gasteiger partial charge in [-0.15, -0.1) is 0 Å². The van der Waals surface area contributed by atoms with Gasteiger partial charge in [0.2, 0.25) is 17.7 Å². The molecule has 3 amide bonds. The molecule has 3 atom stereocenters. The van der Waals surface area contributed by atoms with Crippen molar-refractivity contribution >= 4 is 17.7 Å². The van der Waals surface area contributed by atoms with Gasteiger partial charge in [-0.05, 0) is 59.7 Å². The van der Waals surface area contributed by atoms with Crippen molar-refractivity contribution in [2.75, 3.05) is 28.2 Å². The summed E-state index contributed by atoms with van der Waals surface area (Å²) in [6.45, 7) is 9.70. The lowest BCUT2D eigenvalue weighted by Gasteiger charge is -2.37. The summed E-state index contributed by atoms with van der Waals surface area (Å²) in [5, 5.41) is 16.0. The summed E-state index contributed by atoms with van der Waals surface area (Å²) in [6, 6.07) is 8.92. The Morgan fingerprint density at radius 3 is 1.98 bits per heavy atom. The Balaban J connectivity index is 2.33. The van der Waals surface area contributed by atoms with Crippen molar-refractivity contribution in [1.29, 1.82) is 0 Å². The van der Waals surface area contributed by atoms with Crippen LogP contribution in [0.2, 0.25) is 0 Å². The van der Waals surface area contributed by atoms with Gasteiger partial charge in [-0.1, -0.05) is 58.9 Å². The summed E-state index contributed by atoms with van der Waals surface area (Å²) in [5.74, 6) is -1.38. The molecule has 0 aliphatic heterocycles. The minimum atomic E-state index is -0.834. The van der Waals surface area contributed by atoms with E-state index in [4.69, 9.17) is 0 Å². The first kappa shape index (κ1) is 32.8. The second-order valence-electron chi connectivity index (χ2n) is 11.7. The van der Waals surface area contributed by atoms with Gasteiger partial charge in [-0.25, -0.2) is 4.39 Å². The van der Waals surface area contributed by atoms with Gasteiger partial charge in [0.15, 0.2) is 0 Å². The molecule has 3 unspecified atom stereocenters. The van der Waals surface area contributed by atoms with Crippen LogP contribution in [0.15, 0.2) is 42.5 Å². The van der Waals surface area contributed by atoms with Crippen LogP contribution in [-0.2, 0) is 32.6 Å². The van der Waals surface area contributed by atoms with Crippen LogP contribution in [-0.4, -0.2) is 78.9 Å². The molecular weight excluding hydrogens is 511 g/mol. The average molecular weight is 557 g/mol. The van der Waals surface area contributed by atoms with E-state index in [0.29, 0.717) is 6.42 Å². The number of nitrogens with one attached hydrogen (secondary N) is 2. The van der Waals surface area contributed by atoms with Crippen LogP contribution in [0, 0.1) is 11.7 Å². The molecule has 40 heavy (non-hydrogen) atoms. The van der Waals surface area contributed by atoms with Crippen LogP contribution < -0.4 is 10.6 Å². The first-order chi connectivity index (χ1) is 18.6. The number of carbonyl (C=O) groups is 3. The third-order valence-electron chi connectivity index (χ3n) is 7.31. The van der Waals surface area contributed by atoms with E-state index in [-0.39, 0.29) is 47.0 Å². The number of benzene rings is 2. The molecule has 0 fully saturated rings. The van der Waals surface area contributed by atoms with Gasteiger partial charge in [0.1, 0.15) is 23.7 Å². The van der Waals surface area contributed by atoms with Crippen LogP contribution in [0.4, 0.5) is 4.39 Å². The van der Waals surface area contributed by atoms with E-state index in [1.165, 1.54) is 29.0 Å². The quantitative estimate of drug-likeness (QED) is 0.395. The molecule has 3 N–H and O–H groups in total. The van der Waals surface area contributed by atoms with E-state index in [0.717, 1.165) is 16.7 Å². The third-order valence-corrected chi connectivity index (χ3v) is 7.31. The Bertz CT molecular complexity index is 1180. The topological polar surface area (TPSA) is 102 Å². The zero-order chi connectivity index (χ0) is 30.4. The number of hydrogen-bond donors (Lipinski definition) is 3. The van der Waals surface area contributed by atoms with Gasteiger partial charge in [0.25, 0.3) is 0 Å². The number of phenolic OH excluding ortho intramolecular Hbond substituents is 1. The zero-order valence-corrected chi connectivity index (χ0v) is 25.2. The largest absolute Gasteiger partial charge is 0.508 e. The van der Waals surface area contributed by atoms with E-state index in [2.05, 4.69) is 10.6 Å². The number of halogens is 1. The number of amides is 3. The van der Waals surface area contributed by atoms with Gasteiger partial charge < -0.3 is 25.5 Å². The molecule has 2 aromatic carbocycles.